The van der Waals surface area contributed by atoms with E-state index in [-0.39, 0.29) is 25.0 Å². The first-order chi connectivity index (χ1) is 11.0. The second-order valence-corrected chi connectivity index (χ2v) is 5.18. The summed E-state index contributed by atoms with van der Waals surface area (Å²) in [6.45, 7) is 4.73. The summed E-state index contributed by atoms with van der Waals surface area (Å²) >= 11 is 0. The number of aliphatic hydroxyl groups excluding tert-OH is 1. The minimum absolute atomic E-state index is 0.0931. The van der Waals surface area contributed by atoms with Gasteiger partial charge in [-0.15, -0.1) is 0 Å². The highest BCUT2D eigenvalue weighted by atomic mass is 16.5. The van der Waals surface area contributed by atoms with Crippen LogP contribution in [0.5, 0.6) is 5.75 Å². The first kappa shape index (κ1) is 17.0. The van der Waals surface area contributed by atoms with E-state index in [9.17, 15) is 9.59 Å². The summed E-state index contributed by atoms with van der Waals surface area (Å²) in [5.74, 6) is 0.0880. The molecule has 0 saturated carbocycles. The Morgan fingerprint density at radius 3 is 2.30 bits per heavy atom. The number of benzene rings is 1. The van der Waals surface area contributed by atoms with Gasteiger partial charge < -0.3 is 14.7 Å². The first-order valence-corrected chi connectivity index (χ1v) is 7.70. The average molecular weight is 318 g/mol. The van der Waals surface area contributed by atoms with Crippen LogP contribution in [-0.4, -0.2) is 60.1 Å². The topological polar surface area (TPSA) is 70.1 Å². The Balaban J connectivity index is 2.47. The van der Waals surface area contributed by atoms with Crippen molar-refractivity contribution in [2.24, 2.45) is 0 Å². The molecule has 1 N–H and O–H groups in total. The maximum atomic E-state index is 12.6. The molecule has 6 nitrogen and oxygen atoms in total. The average Bonchev–Trinajstić information content (AvgIpc) is 2.79. The fourth-order valence-electron chi connectivity index (χ4n) is 2.61. The molecule has 0 spiro atoms. The SMILES string of the molecule is CCOc1ccc(C2=C(N(C)CCO)C(=O)N(CC)C2=O)cc1. The van der Waals surface area contributed by atoms with Crippen LogP contribution in [0.3, 0.4) is 0 Å². The summed E-state index contributed by atoms with van der Waals surface area (Å²) in [4.78, 5) is 28.0. The molecule has 0 bridgehead atoms. The highest BCUT2D eigenvalue weighted by molar-refractivity contribution is 6.35. The van der Waals surface area contributed by atoms with Gasteiger partial charge in [-0.3, -0.25) is 14.5 Å². The molecule has 2 amide bonds. The molecule has 0 fully saturated rings. The lowest BCUT2D eigenvalue weighted by Crippen LogP contribution is -2.34. The highest BCUT2D eigenvalue weighted by Crippen LogP contribution is 2.31. The number of hydrogen-bond acceptors (Lipinski definition) is 5. The predicted molar refractivity (Wildman–Crippen MR) is 86.6 cm³/mol. The van der Waals surface area contributed by atoms with Crippen LogP contribution >= 0.6 is 0 Å². The minimum Gasteiger partial charge on any atom is -0.494 e. The minimum atomic E-state index is -0.322. The van der Waals surface area contributed by atoms with E-state index < -0.39 is 0 Å². The zero-order valence-electron chi connectivity index (χ0n) is 13.7. The Hall–Kier alpha value is -2.34. The molecule has 0 unspecified atom stereocenters. The lowest BCUT2D eigenvalue weighted by atomic mass is 10.0. The lowest BCUT2D eigenvalue weighted by Gasteiger charge is -2.19. The van der Waals surface area contributed by atoms with Crippen molar-refractivity contribution in [2.75, 3.05) is 33.4 Å². The number of carbonyl (C=O) groups is 2. The van der Waals surface area contributed by atoms with Gasteiger partial charge in [-0.25, -0.2) is 0 Å². The van der Waals surface area contributed by atoms with Crippen LogP contribution < -0.4 is 4.74 Å². The van der Waals surface area contributed by atoms with E-state index in [0.717, 1.165) is 0 Å². The second kappa shape index (κ2) is 7.28. The van der Waals surface area contributed by atoms with Gasteiger partial charge in [0.05, 0.1) is 18.8 Å². The number of ether oxygens (including phenoxy) is 1. The monoisotopic (exact) mass is 318 g/mol. The van der Waals surface area contributed by atoms with Gasteiger partial charge in [-0.05, 0) is 31.5 Å². The molecule has 1 aromatic rings. The summed E-state index contributed by atoms with van der Waals surface area (Å²) in [6, 6.07) is 7.11. The molecule has 124 valence electrons. The van der Waals surface area contributed by atoms with Crippen LogP contribution in [0.25, 0.3) is 5.57 Å². The molecule has 6 heteroatoms. The van der Waals surface area contributed by atoms with E-state index in [1.807, 2.05) is 6.92 Å². The van der Waals surface area contributed by atoms with Crippen molar-refractivity contribution in [1.82, 2.24) is 9.80 Å². The van der Waals surface area contributed by atoms with Gasteiger partial charge in [-0.2, -0.15) is 0 Å². The van der Waals surface area contributed by atoms with Gasteiger partial charge in [0.15, 0.2) is 0 Å². The fraction of sp³-hybridized carbons (Fsp3) is 0.412. The molecule has 0 saturated heterocycles. The molecule has 2 rings (SSSR count). The van der Waals surface area contributed by atoms with E-state index >= 15 is 0 Å². The summed E-state index contributed by atoms with van der Waals surface area (Å²) in [6.07, 6.45) is 0. The van der Waals surface area contributed by atoms with Crippen molar-refractivity contribution >= 4 is 17.4 Å². The zero-order valence-corrected chi connectivity index (χ0v) is 13.7. The fourth-order valence-corrected chi connectivity index (χ4v) is 2.61. The summed E-state index contributed by atoms with van der Waals surface area (Å²) in [5, 5.41) is 9.13. The van der Waals surface area contributed by atoms with Crippen molar-refractivity contribution in [1.29, 1.82) is 0 Å². The van der Waals surface area contributed by atoms with Gasteiger partial charge in [0.1, 0.15) is 11.4 Å². The first-order valence-electron chi connectivity index (χ1n) is 7.70. The number of hydrogen-bond donors (Lipinski definition) is 1. The normalized spacial score (nSPS) is 14.7. The van der Waals surface area contributed by atoms with Crippen molar-refractivity contribution in [2.45, 2.75) is 13.8 Å². The van der Waals surface area contributed by atoms with E-state index in [1.165, 1.54) is 4.90 Å². The summed E-state index contributed by atoms with van der Waals surface area (Å²) in [7, 11) is 1.70. The van der Waals surface area contributed by atoms with Crippen LogP contribution in [0, 0.1) is 0 Å². The van der Waals surface area contributed by atoms with Crippen molar-refractivity contribution < 1.29 is 19.4 Å². The van der Waals surface area contributed by atoms with Gasteiger partial charge in [-0.1, -0.05) is 12.1 Å². The van der Waals surface area contributed by atoms with Crippen LogP contribution in [0.4, 0.5) is 0 Å². The Bertz CT molecular complexity index is 622. The van der Waals surface area contributed by atoms with Gasteiger partial charge in [0.25, 0.3) is 11.8 Å². The number of nitrogens with zero attached hydrogens (tertiary/aromatic N) is 2. The number of aliphatic hydroxyl groups is 1. The number of likely N-dealkylation sites (N-methyl/N-ethyl adjacent to an activating group) is 2. The third-order valence-electron chi connectivity index (χ3n) is 3.73. The number of carbonyl (C=O) groups excluding carboxylic acids is 2. The van der Waals surface area contributed by atoms with Crippen LogP contribution in [-0.2, 0) is 9.59 Å². The maximum Gasteiger partial charge on any atom is 0.277 e. The van der Waals surface area contributed by atoms with E-state index in [1.54, 1.807) is 43.1 Å². The third-order valence-corrected chi connectivity index (χ3v) is 3.73. The maximum absolute atomic E-state index is 12.6. The standard InChI is InChI=1S/C17H22N2O4/c1-4-19-16(21)14(15(17(19)22)18(3)10-11-20)12-6-8-13(9-7-12)23-5-2/h6-9,20H,4-5,10-11H2,1-3H3. The molecule has 23 heavy (non-hydrogen) atoms. The molecule has 1 heterocycles. The van der Waals surface area contributed by atoms with E-state index in [0.29, 0.717) is 35.7 Å². The number of imide groups is 1. The molecule has 1 aromatic carbocycles. The van der Waals surface area contributed by atoms with Crippen molar-refractivity contribution in [3.63, 3.8) is 0 Å². The second-order valence-electron chi connectivity index (χ2n) is 5.18. The molecule has 0 radical (unpaired) electrons. The highest BCUT2D eigenvalue weighted by Gasteiger charge is 2.39. The van der Waals surface area contributed by atoms with E-state index in [4.69, 9.17) is 9.84 Å². The molecular formula is C17H22N2O4. The van der Waals surface area contributed by atoms with Crippen LogP contribution in [0.1, 0.15) is 19.4 Å². The molecule has 0 atom stereocenters. The zero-order chi connectivity index (χ0) is 17.0. The Labute approximate surface area is 136 Å². The predicted octanol–water partition coefficient (Wildman–Crippen LogP) is 1.11. The number of amides is 2. The Morgan fingerprint density at radius 2 is 1.78 bits per heavy atom. The van der Waals surface area contributed by atoms with Gasteiger partial charge in [0.2, 0.25) is 0 Å². The van der Waals surface area contributed by atoms with Crippen molar-refractivity contribution in [3.05, 3.63) is 35.5 Å². The molecule has 0 aliphatic carbocycles. The molecular weight excluding hydrogens is 296 g/mol. The van der Waals surface area contributed by atoms with E-state index in [2.05, 4.69) is 0 Å². The largest absolute Gasteiger partial charge is 0.494 e. The number of rotatable bonds is 7. The quantitative estimate of drug-likeness (QED) is 0.763. The smallest absolute Gasteiger partial charge is 0.277 e. The molecule has 1 aliphatic rings. The van der Waals surface area contributed by atoms with Crippen LogP contribution in [0.15, 0.2) is 30.0 Å². The van der Waals surface area contributed by atoms with Gasteiger partial charge >= 0.3 is 0 Å². The van der Waals surface area contributed by atoms with Gasteiger partial charge in [0, 0.05) is 20.1 Å². The van der Waals surface area contributed by atoms with Crippen molar-refractivity contribution in [3.8, 4) is 5.75 Å². The summed E-state index contributed by atoms with van der Waals surface area (Å²) < 4.78 is 5.40. The summed E-state index contributed by atoms with van der Waals surface area (Å²) in [5.41, 5.74) is 1.37. The molecule has 0 aromatic heterocycles. The van der Waals surface area contributed by atoms with Crippen LogP contribution in [0.2, 0.25) is 0 Å². The third kappa shape index (κ3) is 3.22. The Kier molecular flexibility index (Phi) is 5.39. The Morgan fingerprint density at radius 1 is 1.13 bits per heavy atom. The molecule has 1 aliphatic heterocycles. The lowest BCUT2D eigenvalue weighted by molar-refractivity contribution is -0.137.